The first kappa shape index (κ1) is 16.6. The summed E-state index contributed by atoms with van der Waals surface area (Å²) in [6.07, 6.45) is 1.96. The lowest BCUT2D eigenvalue weighted by Crippen LogP contribution is -2.43. The molecule has 6 heteroatoms. The number of piperidine rings is 1. The van der Waals surface area contributed by atoms with Crippen LogP contribution in [0.5, 0.6) is 0 Å². The van der Waals surface area contributed by atoms with E-state index in [4.69, 9.17) is 4.52 Å². The van der Waals surface area contributed by atoms with E-state index in [9.17, 15) is 4.79 Å². The Morgan fingerprint density at radius 3 is 2.88 bits per heavy atom. The van der Waals surface area contributed by atoms with E-state index in [0.717, 1.165) is 25.9 Å². The van der Waals surface area contributed by atoms with Crippen LogP contribution in [0, 0.1) is 6.92 Å². The van der Waals surface area contributed by atoms with Gasteiger partial charge in [-0.05, 0) is 32.4 Å². The highest BCUT2D eigenvalue weighted by atomic mass is 16.5. The minimum atomic E-state index is 0.156. The summed E-state index contributed by atoms with van der Waals surface area (Å²) in [7, 11) is 1.98. The van der Waals surface area contributed by atoms with Crippen LogP contribution >= 0.6 is 0 Å². The van der Waals surface area contributed by atoms with Crippen LogP contribution in [0.15, 0.2) is 34.9 Å². The van der Waals surface area contributed by atoms with Crippen LogP contribution < -0.4 is 0 Å². The Morgan fingerprint density at radius 1 is 1.38 bits per heavy atom. The molecule has 1 unspecified atom stereocenters. The topological polar surface area (TPSA) is 62.5 Å². The Labute approximate surface area is 142 Å². The van der Waals surface area contributed by atoms with Crippen molar-refractivity contribution in [1.29, 1.82) is 0 Å². The van der Waals surface area contributed by atoms with Gasteiger partial charge >= 0.3 is 0 Å². The molecule has 0 N–H and O–H groups in total. The maximum atomic E-state index is 12.6. The molecule has 0 aliphatic carbocycles. The van der Waals surface area contributed by atoms with Gasteiger partial charge in [-0.15, -0.1) is 0 Å². The van der Waals surface area contributed by atoms with Gasteiger partial charge in [-0.25, -0.2) is 0 Å². The molecule has 1 saturated heterocycles. The van der Waals surface area contributed by atoms with Crippen LogP contribution in [-0.4, -0.2) is 52.5 Å². The second kappa shape index (κ2) is 7.57. The number of aromatic nitrogens is 2. The quantitative estimate of drug-likeness (QED) is 0.842. The van der Waals surface area contributed by atoms with E-state index in [1.165, 1.54) is 5.56 Å². The molecule has 24 heavy (non-hydrogen) atoms. The minimum Gasteiger partial charge on any atom is -0.341 e. The van der Waals surface area contributed by atoms with Gasteiger partial charge in [0, 0.05) is 19.6 Å². The van der Waals surface area contributed by atoms with E-state index in [0.29, 0.717) is 24.8 Å². The fraction of sp³-hybridized carbons (Fsp3) is 0.500. The molecule has 2 aromatic rings. The highest BCUT2D eigenvalue weighted by molar-refractivity contribution is 5.78. The summed E-state index contributed by atoms with van der Waals surface area (Å²) < 4.78 is 5.28. The van der Waals surface area contributed by atoms with Crippen molar-refractivity contribution in [2.24, 2.45) is 0 Å². The van der Waals surface area contributed by atoms with E-state index in [2.05, 4.69) is 27.2 Å². The van der Waals surface area contributed by atoms with Gasteiger partial charge in [-0.3, -0.25) is 9.69 Å². The van der Waals surface area contributed by atoms with Crippen LogP contribution in [0.3, 0.4) is 0 Å². The fourth-order valence-corrected chi connectivity index (χ4v) is 3.17. The molecule has 1 aliphatic rings. The number of hydrogen-bond donors (Lipinski definition) is 0. The molecule has 1 amide bonds. The van der Waals surface area contributed by atoms with E-state index >= 15 is 0 Å². The first-order valence-electron chi connectivity index (χ1n) is 8.42. The molecule has 0 bridgehead atoms. The lowest BCUT2D eigenvalue weighted by molar-refractivity contribution is -0.133. The molecule has 0 spiro atoms. The Balaban J connectivity index is 1.54. The molecule has 0 radical (unpaired) electrons. The van der Waals surface area contributed by atoms with Crippen molar-refractivity contribution in [3.8, 4) is 0 Å². The van der Waals surface area contributed by atoms with Crippen LogP contribution in [0.1, 0.15) is 36.0 Å². The Morgan fingerprint density at radius 2 is 2.17 bits per heavy atom. The number of likely N-dealkylation sites (tertiary alicyclic amines) is 1. The van der Waals surface area contributed by atoms with Crippen molar-refractivity contribution < 1.29 is 9.32 Å². The molecule has 1 fully saturated rings. The van der Waals surface area contributed by atoms with Crippen LogP contribution in [-0.2, 0) is 11.3 Å². The van der Waals surface area contributed by atoms with Gasteiger partial charge in [0.05, 0.1) is 12.5 Å². The average Bonchev–Trinajstić information content (AvgIpc) is 3.02. The zero-order valence-electron chi connectivity index (χ0n) is 14.3. The summed E-state index contributed by atoms with van der Waals surface area (Å²) in [5.41, 5.74) is 1.21. The van der Waals surface area contributed by atoms with Crippen molar-refractivity contribution in [2.75, 3.05) is 26.7 Å². The number of likely N-dealkylation sites (N-methyl/N-ethyl adjacent to an activating group) is 1. The largest absolute Gasteiger partial charge is 0.341 e. The van der Waals surface area contributed by atoms with Gasteiger partial charge in [-0.1, -0.05) is 35.5 Å². The standard InChI is InChI=1S/C18H24N4O2/c1-14-19-18(24-20-14)16-9-6-10-22(12-16)17(23)13-21(2)11-15-7-4-3-5-8-15/h3-5,7-8,16H,6,9-13H2,1-2H3. The van der Waals surface area contributed by atoms with Crippen molar-refractivity contribution in [3.63, 3.8) is 0 Å². The third-order valence-electron chi connectivity index (χ3n) is 4.37. The molecular weight excluding hydrogens is 304 g/mol. The van der Waals surface area contributed by atoms with Gasteiger partial charge in [0.1, 0.15) is 0 Å². The molecule has 1 aromatic heterocycles. The Kier molecular flexibility index (Phi) is 5.25. The Bertz CT molecular complexity index is 671. The summed E-state index contributed by atoms with van der Waals surface area (Å²) in [6, 6.07) is 10.2. The first-order chi connectivity index (χ1) is 11.6. The first-order valence-corrected chi connectivity index (χ1v) is 8.42. The van der Waals surface area contributed by atoms with Gasteiger partial charge in [0.2, 0.25) is 11.8 Å². The van der Waals surface area contributed by atoms with Crippen molar-refractivity contribution in [3.05, 3.63) is 47.6 Å². The zero-order valence-corrected chi connectivity index (χ0v) is 14.3. The van der Waals surface area contributed by atoms with Gasteiger partial charge in [-0.2, -0.15) is 4.98 Å². The second-order valence-electron chi connectivity index (χ2n) is 6.52. The lowest BCUT2D eigenvalue weighted by Gasteiger charge is -2.32. The van der Waals surface area contributed by atoms with Gasteiger partial charge in [0.25, 0.3) is 0 Å². The number of benzene rings is 1. The predicted molar refractivity (Wildman–Crippen MR) is 90.4 cm³/mol. The van der Waals surface area contributed by atoms with Crippen LogP contribution in [0.25, 0.3) is 0 Å². The summed E-state index contributed by atoms with van der Waals surface area (Å²) in [5.74, 6) is 1.62. The monoisotopic (exact) mass is 328 g/mol. The number of nitrogens with zero attached hydrogens (tertiary/aromatic N) is 4. The molecule has 1 aliphatic heterocycles. The zero-order chi connectivity index (χ0) is 16.9. The fourth-order valence-electron chi connectivity index (χ4n) is 3.17. The molecule has 3 rings (SSSR count). The third-order valence-corrected chi connectivity index (χ3v) is 4.37. The molecule has 1 aromatic carbocycles. The van der Waals surface area contributed by atoms with Crippen LogP contribution in [0.2, 0.25) is 0 Å². The summed E-state index contributed by atoms with van der Waals surface area (Å²) >= 11 is 0. The second-order valence-corrected chi connectivity index (χ2v) is 6.52. The van der Waals surface area contributed by atoms with Crippen molar-refractivity contribution >= 4 is 5.91 Å². The predicted octanol–water partition coefficient (Wildman–Crippen LogP) is 2.22. The molecule has 2 heterocycles. The van der Waals surface area contributed by atoms with Gasteiger partial charge in [0.15, 0.2) is 5.82 Å². The third kappa shape index (κ3) is 4.20. The number of rotatable bonds is 5. The summed E-state index contributed by atoms with van der Waals surface area (Å²) in [4.78, 5) is 20.9. The van der Waals surface area contributed by atoms with E-state index in [1.54, 1.807) is 0 Å². The Hall–Kier alpha value is -2.21. The van der Waals surface area contributed by atoms with Gasteiger partial charge < -0.3 is 9.42 Å². The number of carbonyl (C=O) groups is 1. The van der Waals surface area contributed by atoms with Crippen molar-refractivity contribution in [2.45, 2.75) is 32.2 Å². The molecule has 1 atom stereocenters. The summed E-state index contributed by atoms with van der Waals surface area (Å²) in [5, 5.41) is 3.86. The minimum absolute atomic E-state index is 0.156. The number of hydrogen-bond acceptors (Lipinski definition) is 5. The van der Waals surface area contributed by atoms with Crippen LogP contribution in [0.4, 0.5) is 0 Å². The molecule has 0 saturated carbocycles. The highest BCUT2D eigenvalue weighted by Gasteiger charge is 2.28. The lowest BCUT2D eigenvalue weighted by atomic mass is 9.98. The summed E-state index contributed by atoms with van der Waals surface area (Å²) in [6.45, 7) is 4.48. The molecule has 6 nitrogen and oxygen atoms in total. The SMILES string of the molecule is Cc1noc(C2CCCN(C(=O)CN(C)Cc3ccccc3)C2)n1. The van der Waals surface area contributed by atoms with E-state index in [-0.39, 0.29) is 11.8 Å². The highest BCUT2D eigenvalue weighted by Crippen LogP contribution is 2.25. The van der Waals surface area contributed by atoms with Crippen molar-refractivity contribution in [1.82, 2.24) is 19.9 Å². The molecule has 128 valence electrons. The maximum absolute atomic E-state index is 12.6. The normalized spacial score (nSPS) is 18.1. The molecular formula is C18H24N4O2. The maximum Gasteiger partial charge on any atom is 0.236 e. The average molecular weight is 328 g/mol. The number of aryl methyl sites for hydroxylation is 1. The van der Waals surface area contributed by atoms with E-state index < -0.39 is 0 Å². The number of amides is 1. The van der Waals surface area contributed by atoms with E-state index in [1.807, 2.05) is 37.1 Å². The number of carbonyl (C=O) groups excluding carboxylic acids is 1. The smallest absolute Gasteiger partial charge is 0.236 e.